The predicted octanol–water partition coefficient (Wildman–Crippen LogP) is 3.61. The fourth-order valence-electron chi connectivity index (χ4n) is 3.94. The molecule has 1 saturated heterocycles. The first kappa shape index (κ1) is 24.0. The number of amides is 1. The molecule has 2 aromatic carbocycles. The number of esters is 1. The summed E-state index contributed by atoms with van der Waals surface area (Å²) in [7, 11) is 2.72. The third-order valence-electron chi connectivity index (χ3n) is 6.54. The number of carbonyl (C=O) groups excluding carboxylic acids is 2. The van der Waals surface area contributed by atoms with Crippen molar-refractivity contribution in [3.63, 3.8) is 0 Å². The fraction of sp³-hybridized carbons (Fsp3) is 0.360. The van der Waals surface area contributed by atoms with Crippen LogP contribution in [0.1, 0.15) is 45.1 Å². The normalized spacial score (nSPS) is 16.6. The first-order valence-electron chi connectivity index (χ1n) is 11.1. The molecule has 9 heteroatoms. The molecule has 0 radical (unpaired) electrons. The minimum atomic E-state index is -0.497. The number of hydrogen-bond acceptors (Lipinski definition) is 6. The van der Waals surface area contributed by atoms with Gasteiger partial charge in [0.2, 0.25) is 0 Å². The van der Waals surface area contributed by atoms with Gasteiger partial charge < -0.3 is 18.6 Å². The van der Waals surface area contributed by atoms with Crippen LogP contribution in [-0.2, 0) is 26.0 Å². The van der Waals surface area contributed by atoms with Crippen molar-refractivity contribution in [2.24, 2.45) is 7.05 Å². The maximum absolute atomic E-state index is 13.4. The molecule has 0 unspecified atom stereocenters. The van der Waals surface area contributed by atoms with Crippen LogP contribution in [-0.4, -0.2) is 41.9 Å². The molecule has 0 spiro atoms. The van der Waals surface area contributed by atoms with Gasteiger partial charge in [-0.05, 0) is 63.5 Å². The highest BCUT2D eigenvalue weighted by Crippen LogP contribution is 2.36. The van der Waals surface area contributed by atoms with Crippen LogP contribution in [0.5, 0.6) is 5.75 Å². The lowest BCUT2D eigenvalue weighted by molar-refractivity contribution is -0.131. The predicted molar refractivity (Wildman–Crippen MR) is 130 cm³/mol. The molecule has 1 amide bonds. The largest absolute Gasteiger partial charge is 0.494 e. The average molecular weight is 464 g/mol. The number of aryl methyl sites for hydroxylation is 1. The molecule has 1 aliphatic rings. The fourth-order valence-corrected chi connectivity index (χ4v) is 3.94. The smallest absolute Gasteiger partial charge is 0.426 e. The van der Waals surface area contributed by atoms with Crippen LogP contribution < -0.4 is 15.3 Å². The van der Waals surface area contributed by atoms with E-state index in [2.05, 4.69) is 0 Å². The molecule has 0 N–H and O–H groups in total. The Hall–Kier alpha value is -3.14. The van der Waals surface area contributed by atoms with Crippen molar-refractivity contribution in [2.45, 2.75) is 45.8 Å². The van der Waals surface area contributed by atoms with Crippen LogP contribution >= 0.6 is 0 Å². The second-order valence-corrected chi connectivity index (χ2v) is 9.33. The lowest BCUT2D eigenvalue weighted by Crippen LogP contribution is -2.41. The Morgan fingerprint density at radius 2 is 1.62 bits per heavy atom. The number of carbonyl (C=O) groups is 2. The van der Waals surface area contributed by atoms with Gasteiger partial charge in [-0.25, -0.2) is 0 Å². The first-order valence-corrected chi connectivity index (χ1v) is 11.1. The summed E-state index contributed by atoms with van der Waals surface area (Å²) in [4.78, 5) is 30.4. The zero-order valence-corrected chi connectivity index (χ0v) is 20.5. The maximum Gasteiger partial charge on any atom is 0.494 e. The molecule has 0 bridgehead atoms. The molecule has 1 fully saturated rings. The molecule has 0 atom stereocenters. The Bertz CT molecular complexity index is 1230. The van der Waals surface area contributed by atoms with Crippen molar-refractivity contribution < 1.29 is 28.5 Å². The van der Waals surface area contributed by atoms with Gasteiger partial charge in [0, 0.05) is 19.4 Å². The van der Waals surface area contributed by atoms with E-state index in [0.717, 1.165) is 11.0 Å². The lowest BCUT2D eigenvalue weighted by Gasteiger charge is -2.32. The Balaban J connectivity index is 1.62. The van der Waals surface area contributed by atoms with Crippen molar-refractivity contribution in [3.8, 4) is 5.75 Å². The van der Waals surface area contributed by atoms with E-state index in [-0.39, 0.29) is 5.91 Å². The van der Waals surface area contributed by atoms with Crippen molar-refractivity contribution in [1.29, 1.82) is 0 Å². The molecule has 1 aromatic heterocycles. The standard InChI is InChI=1S/C25H29BN2O6/c1-16(29)32-22-10-8-9-20-19(22)15-21(27(20)6)23(30)28(31-7)18-13-11-17(12-14-18)26-33-24(2,3)25(4,5)34-26/h8-15H,1-7H3. The Kier molecular flexibility index (Phi) is 6.05. The molecule has 178 valence electrons. The molecule has 4 rings (SSSR count). The third kappa shape index (κ3) is 4.11. The number of ether oxygens (including phenoxy) is 1. The summed E-state index contributed by atoms with van der Waals surface area (Å²) < 4.78 is 19.3. The van der Waals surface area contributed by atoms with Gasteiger partial charge in [0.25, 0.3) is 5.91 Å². The van der Waals surface area contributed by atoms with Crippen LogP contribution in [0.15, 0.2) is 48.5 Å². The van der Waals surface area contributed by atoms with Crippen molar-refractivity contribution >= 4 is 41.0 Å². The zero-order valence-electron chi connectivity index (χ0n) is 20.5. The highest BCUT2D eigenvalue weighted by molar-refractivity contribution is 6.62. The van der Waals surface area contributed by atoms with E-state index in [1.54, 1.807) is 41.9 Å². The van der Waals surface area contributed by atoms with Crippen LogP contribution in [0, 0.1) is 0 Å². The molecule has 2 heterocycles. The van der Waals surface area contributed by atoms with Gasteiger partial charge in [-0.2, -0.15) is 5.06 Å². The SMILES string of the molecule is CON(C(=O)c1cc2c(OC(C)=O)cccc2n1C)c1ccc(B2OC(C)(C)C(C)(C)O2)cc1. The van der Waals surface area contributed by atoms with E-state index in [9.17, 15) is 9.59 Å². The summed E-state index contributed by atoms with van der Waals surface area (Å²) in [6.07, 6.45) is 0. The molecular formula is C25H29BN2O6. The van der Waals surface area contributed by atoms with Gasteiger partial charge in [-0.1, -0.05) is 18.2 Å². The lowest BCUT2D eigenvalue weighted by atomic mass is 9.79. The Labute approximate surface area is 199 Å². The quantitative estimate of drug-likeness (QED) is 0.249. The Morgan fingerprint density at radius 3 is 2.18 bits per heavy atom. The van der Waals surface area contributed by atoms with E-state index < -0.39 is 24.3 Å². The number of hydroxylamine groups is 1. The van der Waals surface area contributed by atoms with Gasteiger partial charge in [0.15, 0.2) is 0 Å². The van der Waals surface area contributed by atoms with Crippen molar-refractivity contribution in [2.75, 3.05) is 12.2 Å². The number of hydrogen-bond donors (Lipinski definition) is 0. The molecule has 34 heavy (non-hydrogen) atoms. The van der Waals surface area contributed by atoms with Crippen LogP contribution in [0.25, 0.3) is 10.9 Å². The first-order chi connectivity index (χ1) is 15.9. The van der Waals surface area contributed by atoms with E-state index >= 15 is 0 Å². The van der Waals surface area contributed by atoms with Crippen LogP contribution in [0.4, 0.5) is 5.69 Å². The molecular weight excluding hydrogens is 435 g/mol. The summed E-state index contributed by atoms with van der Waals surface area (Å²) >= 11 is 0. The van der Waals surface area contributed by atoms with Crippen LogP contribution in [0.2, 0.25) is 0 Å². The second kappa shape index (κ2) is 8.58. The van der Waals surface area contributed by atoms with Crippen molar-refractivity contribution in [1.82, 2.24) is 4.57 Å². The number of anilines is 1. The van der Waals surface area contributed by atoms with Gasteiger partial charge >= 0.3 is 13.1 Å². The third-order valence-corrected chi connectivity index (χ3v) is 6.54. The van der Waals surface area contributed by atoms with E-state index in [4.69, 9.17) is 18.9 Å². The molecule has 0 saturated carbocycles. The monoisotopic (exact) mass is 464 g/mol. The van der Waals surface area contributed by atoms with E-state index in [0.29, 0.717) is 22.5 Å². The van der Waals surface area contributed by atoms with Gasteiger partial charge in [-0.15, -0.1) is 0 Å². The second-order valence-electron chi connectivity index (χ2n) is 9.33. The summed E-state index contributed by atoms with van der Waals surface area (Å²) in [5, 5.41) is 1.88. The topological polar surface area (TPSA) is 79.2 Å². The van der Waals surface area contributed by atoms with Gasteiger partial charge in [-0.3, -0.25) is 14.4 Å². The summed E-state index contributed by atoms with van der Waals surface area (Å²) in [6.45, 7) is 9.35. The molecule has 3 aromatic rings. The molecule has 8 nitrogen and oxygen atoms in total. The van der Waals surface area contributed by atoms with Gasteiger partial charge in [0.05, 0.1) is 29.5 Å². The Morgan fingerprint density at radius 1 is 1.00 bits per heavy atom. The van der Waals surface area contributed by atoms with Crippen LogP contribution in [0.3, 0.4) is 0 Å². The van der Waals surface area contributed by atoms with E-state index in [1.165, 1.54) is 19.1 Å². The number of benzene rings is 2. The van der Waals surface area contributed by atoms with Crippen molar-refractivity contribution in [3.05, 3.63) is 54.2 Å². The number of aromatic nitrogens is 1. The molecule has 0 aliphatic carbocycles. The highest BCUT2D eigenvalue weighted by atomic mass is 16.7. The summed E-state index contributed by atoms with van der Waals surface area (Å²) in [6, 6.07) is 14.3. The maximum atomic E-state index is 13.4. The molecule has 1 aliphatic heterocycles. The average Bonchev–Trinajstić information content (AvgIpc) is 3.22. The van der Waals surface area contributed by atoms with E-state index in [1.807, 2.05) is 45.9 Å². The highest BCUT2D eigenvalue weighted by Gasteiger charge is 2.51. The summed E-state index contributed by atoms with van der Waals surface area (Å²) in [5.41, 5.74) is 1.66. The zero-order chi connectivity index (χ0) is 24.8. The number of rotatable bonds is 5. The summed E-state index contributed by atoms with van der Waals surface area (Å²) in [5.74, 6) is -0.390. The minimum absolute atomic E-state index is 0.363. The van der Waals surface area contributed by atoms with Gasteiger partial charge in [0.1, 0.15) is 11.4 Å². The minimum Gasteiger partial charge on any atom is -0.426 e. The number of fused-ring (bicyclic) bond motifs is 1. The number of nitrogens with zero attached hydrogens (tertiary/aromatic N) is 2.